The van der Waals surface area contributed by atoms with Crippen molar-refractivity contribution < 1.29 is 13.2 Å². The van der Waals surface area contributed by atoms with Crippen molar-refractivity contribution in [1.29, 1.82) is 0 Å². The molecule has 0 bridgehead atoms. The van der Waals surface area contributed by atoms with Gasteiger partial charge in [0, 0.05) is 30.6 Å². The molecule has 0 aromatic heterocycles. The molecule has 1 unspecified atom stereocenters. The summed E-state index contributed by atoms with van der Waals surface area (Å²) < 4.78 is 36.4. The second-order valence-corrected chi connectivity index (χ2v) is 5.86. The third kappa shape index (κ3) is 7.80. The number of guanidine groups is 1. The lowest BCUT2D eigenvalue weighted by Gasteiger charge is -2.34. The van der Waals surface area contributed by atoms with Gasteiger partial charge in [-0.2, -0.15) is 24.9 Å². The Balaban J connectivity index is 0.00000361. The zero-order valence-corrected chi connectivity index (χ0v) is 15.0. The number of nitrogens with zero attached hydrogens (tertiary/aromatic N) is 2. The second-order valence-electron chi connectivity index (χ2n) is 4.45. The van der Waals surface area contributed by atoms with E-state index in [-0.39, 0.29) is 30.5 Å². The van der Waals surface area contributed by atoms with Gasteiger partial charge >= 0.3 is 6.18 Å². The van der Waals surface area contributed by atoms with Crippen molar-refractivity contribution in [3.63, 3.8) is 0 Å². The molecule has 0 amide bonds. The molecule has 0 radical (unpaired) electrons. The van der Waals surface area contributed by atoms with E-state index >= 15 is 0 Å². The Kier molecular flexibility index (Phi) is 10.0. The third-order valence-electron chi connectivity index (χ3n) is 2.89. The van der Waals surface area contributed by atoms with E-state index in [2.05, 4.69) is 22.1 Å². The van der Waals surface area contributed by atoms with Gasteiger partial charge in [-0.05, 0) is 13.3 Å². The SMILES string of the molecule is CCNC(=NCCC(F)(F)F)N1CCSC(CC)C1.I. The topological polar surface area (TPSA) is 27.6 Å². The van der Waals surface area contributed by atoms with E-state index in [1.54, 1.807) is 0 Å². The number of hydrogen-bond acceptors (Lipinski definition) is 2. The lowest BCUT2D eigenvalue weighted by atomic mass is 10.3. The Morgan fingerprint density at radius 2 is 2.10 bits per heavy atom. The van der Waals surface area contributed by atoms with E-state index in [0.29, 0.717) is 17.8 Å². The van der Waals surface area contributed by atoms with Gasteiger partial charge in [0.15, 0.2) is 5.96 Å². The van der Waals surface area contributed by atoms with E-state index in [1.807, 2.05) is 18.7 Å². The van der Waals surface area contributed by atoms with Crippen molar-refractivity contribution in [2.24, 2.45) is 4.99 Å². The average Bonchev–Trinajstić information content (AvgIpc) is 2.36. The van der Waals surface area contributed by atoms with Crippen molar-refractivity contribution in [1.82, 2.24) is 10.2 Å². The number of nitrogens with one attached hydrogen (secondary N) is 1. The first-order chi connectivity index (χ1) is 8.96. The lowest BCUT2D eigenvalue weighted by molar-refractivity contribution is -0.132. The van der Waals surface area contributed by atoms with Crippen LogP contribution in [0, 0.1) is 0 Å². The van der Waals surface area contributed by atoms with Gasteiger partial charge in [-0.3, -0.25) is 4.99 Å². The summed E-state index contributed by atoms with van der Waals surface area (Å²) in [5, 5.41) is 3.62. The summed E-state index contributed by atoms with van der Waals surface area (Å²) in [5.41, 5.74) is 0. The van der Waals surface area contributed by atoms with E-state index < -0.39 is 12.6 Å². The molecule has 1 rings (SSSR count). The predicted octanol–water partition coefficient (Wildman–Crippen LogP) is 3.35. The Morgan fingerprint density at radius 1 is 1.40 bits per heavy atom. The largest absolute Gasteiger partial charge is 0.390 e. The van der Waals surface area contributed by atoms with Gasteiger partial charge in [-0.25, -0.2) is 0 Å². The van der Waals surface area contributed by atoms with Crippen molar-refractivity contribution in [3.05, 3.63) is 0 Å². The summed E-state index contributed by atoms with van der Waals surface area (Å²) in [5.74, 6) is 1.62. The highest BCUT2D eigenvalue weighted by atomic mass is 127. The van der Waals surface area contributed by atoms with Crippen LogP contribution in [0.3, 0.4) is 0 Å². The van der Waals surface area contributed by atoms with Crippen molar-refractivity contribution in [2.75, 3.05) is 31.9 Å². The molecule has 3 nitrogen and oxygen atoms in total. The molecule has 0 aromatic rings. The minimum atomic E-state index is -4.13. The number of aliphatic imine (C=N–C) groups is 1. The molecule has 0 spiro atoms. The number of thioether (sulfide) groups is 1. The van der Waals surface area contributed by atoms with Crippen LogP contribution in [0.5, 0.6) is 0 Å². The molecule has 0 aliphatic carbocycles. The molecule has 0 aromatic carbocycles. The molecule has 1 aliphatic heterocycles. The second kappa shape index (κ2) is 9.97. The lowest BCUT2D eigenvalue weighted by Crippen LogP contribution is -2.48. The van der Waals surface area contributed by atoms with E-state index in [0.717, 1.165) is 25.3 Å². The highest BCUT2D eigenvalue weighted by molar-refractivity contribution is 14.0. The first kappa shape index (κ1) is 20.1. The van der Waals surface area contributed by atoms with Crippen molar-refractivity contribution in [2.45, 2.75) is 38.1 Å². The normalized spacial score (nSPS) is 20.6. The molecule has 120 valence electrons. The van der Waals surface area contributed by atoms with Crippen LogP contribution in [0.25, 0.3) is 0 Å². The molecule has 8 heteroatoms. The van der Waals surface area contributed by atoms with E-state index in [1.165, 1.54) is 0 Å². The molecular formula is C12H23F3IN3S. The molecule has 1 atom stereocenters. The van der Waals surface area contributed by atoms with Crippen molar-refractivity contribution >= 4 is 41.7 Å². The van der Waals surface area contributed by atoms with Crippen LogP contribution in [-0.2, 0) is 0 Å². The summed E-state index contributed by atoms with van der Waals surface area (Å²) >= 11 is 1.93. The van der Waals surface area contributed by atoms with E-state index in [4.69, 9.17) is 0 Å². The fourth-order valence-electron chi connectivity index (χ4n) is 1.87. The Labute approximate surface area is 140 Å². The van der Waals surface area contributed by atoms with Crippen LogP contribution in [0.1, 0.15) is 26.7 Å². The number of hydrogen-bond donors (Lipinski definition) is 1. The van der Waals surface area contributed by atoms with Gasteiger partial charge in [0.2, 0.25) is 0 Å². The monoisotopic (exact) mass is 425 g/mol. The maximum atomic E-state index is 12.1. The molecule has 1 aliphatic rings. The number of halogens is 4. The van der Waals surface area contributed by atoms with Gasteiger partial charge in [0.25, 0.3) is 0 Å². The van der Waals surface area contributed by atoms with Gasteiger partial charge in [0.1, 0.15) is 0 Å². The highest BCUT2D eigenvalue weighted by Gasteiger charge is 2.27. The maximum absolute atomic E-state index is 12.1. The maximum Gasteiger partial charge on any atom is 0.390 e. The molecular weight excluding hydrogens is 402 g/mol. The van der Waals surface area contributed by atoms with Crippen LogP contribution in [0.4, 0.5) is 13.2 Å². The van der Waals surface area contributed by atoms with Crippen molar-refractivity contribution in [3.8, 4) is 0 Å². The molecule has 1 N–H and O–H groups in total. The van der Waals surface area contributed by atoms with Gasteiger partial charge in [-0.15, -0.1) is 24.0 Å². The molecule has 0 saturated carbocycles. The summed E-state index contributed by atoms with van der Waals surface area (Å²) in [7, 11) is 0. The average molecular weight is 425 g/mol. The van der Waals surface area contributed by atoms with E-state index in [9.17, 15) is 13.2 Å². The fraction of sp³-hybridized carbons (Fsp3) is 0.917. The predicted molar refractivity (Wildman–Crippen MR) is 90.2 cm³/mol. The minimum absolute atomic E-state index is 0. The first-order valence-corrected chi connectivity index (χ1v) is 7.72. The minimum Gasteiger partial charge on any atom is -0.357 e. The van der Waals surface area contributed by atoms with Gasteiger partial charge < -0.3 is 10.2 Å². The Hall–Kier alpha value is 0.140. The smallest absolute Gasteiger partial charge is 0.357 e. The third-order valence-corrected chi connectivity index (χ3v) is 4.26. The summed E-state index contributed by atoms with van der Waals surface area (Å²) in [6, 6.07) is 0. The van der Waals surface area contributed by atoms with Crippen LogP contribution in [0.15, 0.2) is 4.99 Å². The summed E-state index contributed by atoms with van der Waals surface area (Å²) in [6.07, 6.45) is -3.92. The summed E-state index contributed by atoms with van der Waals surface area (Å²) in [6.45, 7) is 6.24. The molecule has 1 fully saturated rings. The number of alkyl halides is 3. The fourth-order valence-corrected chi connectivity index (χ4v) is 3.05. The van der Waals surface area contributed by atoms with Gasteiger partial charge in [-0.1, -0.05) is 6.92 Å². The highest BCUT2D eigenvalue weighted by Crippen LogP contribution is 2.22. The van der Waals surface area contributed by atoms with Gasteiger partial charge in [0.05, 0.1) is 13.0 Å². The standard InChI is InChI=1S/C12H22F3N3S.HI/c1-3-10-9-18(7-8-19-10)11(16-4-2)17-6-5-12(13,14)15;/h10H,3-9H2,1-2H3,(H,16,17);1H. The molecule has 1 saturated heterocycles. The first-order valence-electron chi connectivity index (χ1n) is 6.68. The Morgan fingerprint density at radius 3 is 2.65 bits per heavy atom. The molecule has 20 heavy (non-hydrogen) atoms. The van der Waals surface area contributed by atoms with Crippen LogP contribution in [0.2, 0.25) is 0 Å². The van der Waals surface area contributed by atoms with Crippen LogP contribution >= 0.6 is 35.7 Å². The summed E-state index contributed by atoms with van der Waals surface area (Å²) in [4.78, 5) is 6.17. The zero-order chi connectivity index (χ0) is 14.3. The number of rotatable bonds is 4. The molecule has 1 heterocycles. The van der Waals surface area contributed by atoms with Crippen LogP contribution < -0.4 is 5.32 Å². The quantitative estimate of drug-likeness (QED) is 0.426. The van der Waals surface area contributed by atoms with Crippen LogP contribution in [-0.4, -0.2) is 54.2 Å². The zero-order valence-electron chi connectivity index (χ0n) is 11.9. The Bertz CT molecular complexity index is 300.